The normalized spacial score (nSPS) is 13.2. The van der Waals surface area contributed by atoms with Crippen molar-refractivity contribution in [3.63, 3.8) is 0 Å². The van der Waals surface area contributed by atoms with E-state index < -0.39 is 0 Å². The maximum atomic E-state index is 5.50. The summed E-state index contributed by atoms with van der Waals surface area (Å²) in [5, 5.41) is 3.53. The first-order chi connectivity index (χ1) is 8.24. The Morgan fingerprint density at radius 3 is 2.12 bits per heavy atom. The van der Waals surface area contributed by atoms with Gasteiger partial charge in [-0.25, -0.2) is 0 Å². The van der Waals surface area contributed by atoms with E-state index in [0.717, 1.165) is 26.2 Å². The van der Waals surface area contributed by atoms with E-state index in [2.05, 4.69) is 19.2 Å². The van der Waals surface area contributed by atoms with Crippen LogP contribution in [-0.2, 0) is 9.47 Å². The molecule has 0 spiro atoms. The Morgan fingerprint density at radius 2 is 1.59 bits per heavy atom. The SMILES string of the molecule is CCCCCC(C)NCCC(OCC)OCC. The van der Waals surface area contributed by atoms with Crippen LogP contribution in [0, 0.1) is 0 Å². The maximum absolute atomic E-state index is 5.50. The fourth-order valence-corrected chi connectivity index (χ4v) is 1.84. The van der Waals surface area contributed by atoms with E-state index in [9.17, 15) is 0 Å². The molecule has 0 aromatic rings. The standard InChI is InChI=1S/C14H31NO2/c1-5-8-9-10-13(4)15-12-11-14(16-6-2)17-7-3/h13-15H,5-12H2,1-4H3. The summed E-state index contributed by atoms with van der Waals surface area (Å²) in [6, 6.07) is 0.602. The summed E-state index contributed by atoms with van der Waals surface area (Å²) >= 11 is 0. The Morgan fingerprint density at radius 1 is 0.941 bits per heavy atom. The number of hydrogen-bond donors (Lipinski definition) is 1. The van der Waals surface area contributed by atoms with Crippen LogP contribution in [0.4, 0.5) is 0 Å². The molecule has 0 bridgehead atoms. The Kier molecular flexibility index (Phi) is 12.3. The van der Waals surface area contributed by atoms with Gasteiger partial charge in [-0.3, -0.25) is 0 Å². The van der Waals surface area contributed by atoms with Crippen LogP contribution in [0.25, 0.3) is 0 Å². The molecule has 104 valence electrons. The average Bonchev–Trinajstić information content (AvgIpc) is 2.30. The van der Waals surface area contributed by atoms with Crippen molar-refractivity contribution in [2.24, 2.45) is 0 Å². The minimum absolute atomic E-state index is 0.0414. The first kappa shape index (κ1) is 16.9. The number of rotatable bonds is 12. The van der Waals surface area contributed by atoms with Crippen molar-refractivity contribution in [3.8, 4) is 0 Å². The molecule has 3 nitrogen and oxygen atoms in total. The summed E-state index contributed by atoms with van der Waals surface area (Å²) in [6.45, 7) is 10.9. The third kappa shape index (κ3) is 10.7. The molecule has 0 amide bonds. The van der Waals surface area contributed by atoms with Gasteiger partial charge in [0.25, 0.3) is 0 Å². The largest absolute Gasteiger partial charge is 0.353 e. The lowest BCUT2D eigenvalue weighted by atomic mass is 10.1. The summed E-state index contributed by atoms with van der Waals surface area (Å²) in [4.78, 5) is 0. The molecule has 1 unspecified atom stereocenters. The van der Waals surface area contributed by atoms with Gasteiger partial charge >= 0.3 is 0 Å². The molecule has 0 aliphatic heterocycles. The van der Waals surface area contributed by atoms with Gasteiger partial charge in [0.1, 0.15) is 0 Å². The Bertz CT molecular complexity index is 147. The van der Waals surface area contributed by atoms with Crippen molar-refractivity contribution in [2.75, 3.05) is 19.8 Å². The molecule has 3 heteroatoms. The highest BCUT2D eigenvalue weighted by Crippen LogP contribution is 2.04. The Balaban J connectivity index is 3.50. The summed E-state index contributed by atoms with van der Waals surface area (Å²) in [5.74, 6) is 0. The Labute approximate surface area is 107 Å². The van der Waals surface area contributed by atoms with Crippen molar-refractivity contribution in [1.82, 2.24) is 5.32 Å². The highest BCUT2D eigenvalue weighted by atomic mass is 16.7. The molecule has 1 N–H and O–H groups in total. The molecule has 0 aromatic carbocycles. The van der Waals surface area contributed by atoms with Gasteiger partial charge in [-0.15, -0.1) is 0 Å². The van der Waals surface area contributed by atoms with Crippen LogP contribution in [0.2, 0.25) is 0 Å². The van der Waals surface area contributed by atoms with E-state index in [0.29, 0.717) is 6.04 Å². The predicted octanol–water partition coefficient (Wildman–Crippen LogP) is 3.33. The zero-order valence-electron chi connectivity index (χ0n) is 12.1. The second-order valence-electron chi connectivity index (χ2n) is 4.48. The van der Waals surface area contributed by atoms with Gasteiger partial charge < -0.3 is 14.8 Å². The van der Waals surface area contributed by atoms with Crippen LogP contribution in [0.3, 0.4) is 0 Å². The topological polar surface area (TPSA) is 30.5 Å². The zero-order chi connectivity index (χ0) is 12.9. The number of ether oxygens (including phenoxy) is 2. The highest BCUT2D eigenvalue weighted by molar-refractivity contribution is 4.61. The molecule has 0 aliphatic rings. The smallest absolute Gasteiger partial charge is 0.158 e. The van der Waals surface area contributed by atoms with Gasteiger partial charge in [0.15, 0.2) is 6.29 Å². The summed E-state index contributed by atoms with van der Waals surface area (Å²) in [5.41, 5.74) is 0. The molecule has 0 rings (SSSR count). The van der Waals surface area contributed by atoms with Gasteiger partial charge in [0.05, 0.1) is 0 Å². The predicted molar refractivity (Wildman–Crippen MR) is 73.3 cm³/mol. The molecule has 0 aliphatic carbocycles. The van der Waals surface area contributed by atoms with Crippen LogP contribution >= 0.6 is 0 Å². The van der Waals surface area contributed by atoms with Crippen LogP contribution in [0.15, 0.2) is 0 Å². The van der Waals surface area contributed by atoms with Crippen LogP contribution in [0.5, 0.6) is 0 Å². The first-order valence-corrected chi connectivity index (χ1v) is 7.21. The van der Waals surface area contributed by atoms with Gasteiger partial charge in [0, 0.05) is 32.2 Å². The monoisotopic (exact) mass is 245 g/mol. The van der Waals surface area contributed by atoms with Gasteiger partial charge in [-0.2, -0.15) is 0 Å². The number of unbranched alkanes of at least 4 members (excludes halogenated alkanes) is 2. The summed E-state index contributed by atoms with van der Waals surface area (Å²) < 4.78 is 11.0. The van der Waals surface area contributed by atoms with Crippen molar-refractivity contribution < 1.29 is 9.47 Å². The highest BCUT2D eigenvalue weighted by Gasteiger charge is 2.08. The zero-order valence-corrected chi connectivity index (χ0v) is 12.1. The maximum Gasteiger partial charge on any atom is 0.158 e. The van der Waals surface area contributed by atoms with E-state index in [4.69, 9.17) is 9.47 Å². The quantitative estimate of drug-likeness (QED) is 0.422. The third-order valence-electron chi connectivity index (χ3n) is 2.82. The minimum atomic E-state index is -0.0414. The lowest BCUT2D eigenvalue weighted by Gasteiger charge is -2.19. The molecule has 0 radical (unpaired) electrons. The first-order valence-electron chi connectivity index (χ1n) is 7.21. The minimum Gasteiger partial charge on any atom is -0.353 e. The van der Waals surface area contributed by atoms with Gasteiger partial charge in [-0.1, -0.05) is 26.2 Å². The van der Waals surface area contributed by atoms with Gasteiger partial charge in [-0.05, 0) is 27.2 Å². The van der Waals surface area contributed by atoms with Crippen molar-refractivity contribution in [2.45, 2.75) is 72.1 Å². The molecular formula is C14H31NO2. The van der Waals surface area contributed by atoms with E-state index in [1.165, 1.54) is 25.7 Å². The molecule has 0 heterocycles. The van der Waals surface area contributed by atoms with Crippen molar-refractivity contribution in [3.05, 3.63) is 0 Å². The van der Waals surface area contributed by atoms with Crippen LogP contribution in [-0.4, -0.2) is 32.1 Å². The third-order valence-corrected chi connectivity index (χ3v) is 2.82. The molecule has 0 saturated heterocycles. The van der Waals surface area contributed by atoms with E-state index in [-0.39, 0.29) is 6.29 Å². The Hall–Kier alpha value is -0.120. The summed E-state index contributed by atoms with van der Waals surface area (Å²) in [6.07, 6.45) is 6.11. The molecule has 17 heavy (non-hydrogen) atoms. The average molecular weight is 245 g/mol. The molecule has 0 fully saturated rings. The van der Waals surface area contributed by atoms with Gasteiger partial charge in [0.2, 0.25) is 0 Å². The fraction of sp³-hybridized carbons (Fsp3) is 1.00. The van der Waals surface area contributed by atoms with E-state index >= 15 is 0 Å². The van der Waals surface area contributed by atoms with Crippen LogP contribution < -0.4 is 5.32 Å². The molecule has 0 aromatic heterocycles. The second kappa shape index (κ2) is 12.3. The molecular weight excluding hydrogens is 214 g/mol. The second-order valence-corrected chi connectivity index (χ2v) is 4.48. The lowest BCUT2D eigenvalue weighted by molar-refractivity contribution is -0.138. The fourth-order valence-electron chi connectivity index (χ4n) is 1.84. The lowest BCUT2D eigenvalue weighted by Crippen LogP contribution is -2.30. The van der Waals surface area contributed by atoms with Crippen molar-refractivity contribution >= 4 is 0 Å². The van der Waals surface area contributed by atoms with Crippen LogP contribution in [0.1, 0.15) is 59.8 Å². The molecule has 0 saturated carbocycles. The number of nitrogens with one attached hydrogen (secondary N) is 1. The van der Waals surface area contributed by atoms with E-state index in [1.54, 1.807) is 0 Å². The number of hydrogen-bond acceptors (Lipinski definition) is 3. The molecule has 1 atom stereocenters. The summed E-state index contributed by atoms with van der Waals surface area (Å²) in [7, 11) is 0. The van der Waals surface area contributed by atoms with E-state index in [1.807, 2.05) is 13.8 Å². The van der Waals surface area contributed by atoms with Crippen molar-refractivity contribution in [1.29, 1.82) is 0 Å².